The maximum Gasteiger partial charge on any atom is 0.119 e. The number of aliphatic hydroxyl groups is 2. The van der Waals surface area contributed by atoms with E-state index in [0.717, 1.165) is 11.5 Å². The Balaban J connectivity index is 1.89. The summed E-state index contributed by atoms with van der Waals surface area (Å²) in [4.78, 5) is 0. The highest BCUT2D eigenvalue weighted by molar-refractivity contribution is 5.87. The molecular formula is C35H38O4. The van der Waals surface area contributed by atoms with Crippen molar-refractivity contribution in [2.45, 2.75) is 44.9 Å². The summed E-state index contributed by atoms with van der Waals surface area (Å²) >= 11 is 0. The molecule has 0 heterocycles. The SMILES string of the molecule is CC(C)c1cc(OCCO)ccc1C1(c2ccc(OCCO)cc2C(C)C)c2ccccc2-c2ccccc21. The molecule has 0 saturated carbocycles. The van der Waals surface area contributed by atoms with E-state index in [1.807, 2.05) is 12.1 Å². The molecule has 1 aliphatic rings. The van der Waals surface area contributed by atoms with Gasteiger partial charge in [-0.15, -0.1) is 0 Å². The smallest absolute Gasteiger partial charge is 0.119 e. The number of aliphatic hydroxyl groups excluding tert-OH is 2. The second-order valence-corrected chi connectivity index (χ2v) is 10.8. The Bertz CT molecular complexity index is 1340. The summed E-state index contributed by atoms with van der Waals surface area (Å²) in [5.41, 5.74) is 9.38. The largest absolute Gasteiger partial charge is 0.491 e. The Labute approximate surface area is 231 Å². The molecule has 0 atom stereocenters. The second-order valence-electron chi connectivity index (χ2n) is 10.8. The molecular weight excluding hydrogens is 484 g/mol. The van der Waals surface area contributed by atoms with Crippen LogP contribution in [0.5, 0.6) is 11.5 Å². The lowest BCUT2D eigenvalue weighted by Gasteiger charge is -2.38. The van der Waals surface area contributed by atoms with E-state index < -0.39 is 5.41 Å². The van der Waals surface area contributed by atoms with Gasteiger partial charge in [-0.05, 0) is 80.6 Å². The first kappa shape index (κ1) is 27.0. The molecule has 0 fully saturated rings. The molecule has 0 bridgehead atoms. The minimum atomic E-state index is -0.544. The molecule has 0 spiro atoms. The lowest BCUT2D eigenvalue weighted by Crippen LogP contribution is -2.32. The van der Waals surface area contributed by atoms with Gasteiger partial charge in [0.2, 0.25) is 0 Å². The first-order valence-electron chi connectivity index (χ1n) is 13.9. The summed E-state index contributed by atoms with van der Waals surface area (Å²) in [5, 5.41) is 18.7. The van der Waals surface area contributed by atoms with Gasteiger partial charge in [0.05, 0.1) is 18.6 Å². The van der Waals surface area contributed by atoms with E-state index in [1.165, 1.54) is 44.5 Å². The maximum absolute atomic E-state index is 9.35. The van der Waals surface area contributed by atoms with E-state index in [4.69, 9.17) is 9.47 Å². The first-order valence-corrected chi connectivity index (χ1v) is 13.9. The lowest BCUT2D eigenvalue weighted by atomic mass is 9.63. The quantitative estimate of drug-likeness (QED) is 0.207. The molecule has 0 aliphatic heterocycles. The third-order valence-corrected chi connectivity index (χ3v) is 7.77. The van der Waals surface area contributed by atoms with Gasteiger partial charge >= 0.3 is 0 Å². The molecule has 0 radical (unpaired) electrons. The number of rotatable bonds is 10. The Morgan fingerprint density at radius 2 is 0.974 bits per heavy atom. The van der Waals surface area contributed by atoms with Crippen LogP contribution in [0.3, 0.4) is 0 Å². The molecule has 4 aromatic rings. The van der Waals surface area contributed by atoms with Crippen molar-refractivity contribution in [1.29, 1.82) is 0 Å². The fraction of sp³-hybridized carbons (Fsp3) is 0.314. The van der Waals surface area contributed by atoms with Gasteiger partial charge in [-0.3, -0.25) is 0 Å². The van der Waals surface area contributed by atoms with E-state index in [2.05, 4.69) is 100 Å². The molecule has 1 aliphatic carbocycles. The van der Waals surface area contributed by atoms with Crippen LogP contribution in [0, 0.1) is 0 Å². The number of fused-ring (bicyclic) bond motifs is 3. The Morgan fingerprint density at radius 3 is 1.36 bits per heavy atom. The zero-order valence-corrected chi connectivity index (χ0v) is 23.3. The van der Waals surface area contributed by atoms with Gasteiger partial charge in [0.15, 0.2) is 0 Å². The van der Waals surface area contributed by atoms with Crippen molar-refractivity contribution in [3.05, 3.63) is 118 Å². The van der Waals surface area contributed by atoms with Gasteiger partial charge in [-0.2, -0.15) is 0 Å². The topological polar surface area (TPSA) is 58.9 Å². The van der Waals surface area contributed by atoms with E-state index >= 15 is 0 Å². The van der Waals surface area contributed by atoms with E-state index in [0.29, 0.717) is 0 Å². The molecule has 0 amide bonds. The minimum Gasteiger partial charge on any atom is -0.491 e. The van der Waals surface area contributed by atoms with Gasteiger partial charge in [-0.25, -0.2) is 0 Å². The van der Waals surface area contributed by atoms with E-state index in [9.17, 15) is 10.2 Å². The van der Waals surface area contributed by atoms with Crippen molar-refractivity contribution in [1.82, 2.24) is 0 Å². The van der Waals surface area contributed by atoms with Gasteiger partial charge in [0.25, 0.3) is 0 Å². The molecule has 0 aromatic heterocycles. The highest BCUT2D eigenvalue weighted by atomic mass is 16.5. The van der Waals surface area contributed by atoms with Crippen LogP contribution in [0.25, 0.3) is 11.1 Å². The molecule has 39 heavy (non-hydrogen) atoms. The van der Waals surface area contributed by atoms with Crippen LogP contribution in [0.1, 0.15) is 72.9 Å². The normalized spacial score (nSPS) is 13.4. The summed E-state index contributed by atoms with van der Waals surface area (Å²) in [6.07, 6.45) is 0. The molecule has 5 rings (SSSR count). The number of benzene rings is 4. The number of hydrogen-bond donors (Lipinski definition) is 2. The van der Waals surface area contributed by atoms with Crippen molar-refractivity contribution in [3.63, 3.8) is 0 Å². The number of hydrogen-bond acceptors (Lipinski definition) is 4. The summed E-state index contributed by atoms with van der Waals surface area (Å²) < 4.78 is 11.7. The predicted octanol–water partition coefficient (Wildman–Crippen LogP) is 7.04. The molecule has 4 heteroatoms. The van der Waals surface area contributed by atoms with Crippen LogP contribution < -0.4 is 9.47 Å². The van der Waals surface area contributed by atoms with Gasteiger partial charge in [-0.1, -0.05) is 88.4 Å². The number of ether oxygens (including phenoxy) is 2. The zero-order chi connectivity index (χ0) is 27.6. The van der Waals surface area contributed by atoms with Crippen LogP contribution in [0.2, 0.25) is 0 Å². The predicted molar refractivity (Wildman–Crippen MR) is 157 cm³/mol. The molecule has 202 valence electrons. The maximum atomic E-state index is 9.35. The third-order valence-electron chi connectivity index (χ3n) is 7.77. The zero-order valence-electron chi connectivity index (χ0n) is 23.3. The van der Waals surface area contributed by atoms with Crippen LogP contribution >= 0.6 is 0 Å². The molecule has 0 saturated heterocycles. The van der Waals surface area contributed by atoms with Gasteiger partial charge in [0, 0.05) is 0 Å². The average Bonchev–Trinajstić information content (AvgIpc) is 3.25. The van der Waals surface area contributed by atoms with E-state index in [-0.39, 0.29) is 38.3 Å². The fourth-order valence-corrected chi connectivity index (χ4v) is 6.19. The highest BCUT2D eigenvalue weighted by Crippen LogP contribution is 2.58. The van der Waals surface area contributed by atoms with Crippen molar-refractivity contribution in [3.8, 4) is 22.6 Å². The van der Waals surface area contributed by atoms with Gasteiger partial charge < -0.3 is 19.7 Å². The van der Waals surface area contributed by atoms with Gasteiger partial charge in [0.1, 0.15) is 24.7 Å². The van der Waals surface area contributed by atoms with Crippen LogP contribution in [-0.4, -0.2) is 36.6 Å². The lowest BCUT2D eigenvalue weighted by molar-refractivity contribution is 0.201. The van der Waals surface area contributed by atoms with Crippen molar-refractivity contribution >= 4 is 0 Å². The summed E-state index contributed by atoms with van der Waals surface area (Å²) in [6, 6.07) is 30.4. The Kier molecular flexibility index (Phi) is 7.79. The molecule has 4 aromatic carbocycles. The van der Waals surface area contributed by atoms with Crippen molar-refractivity contribution < 1.29 is 19.7 Å². The Morgan fingerprint density at radius 1 is 0.564 bits per heavy atom. The van der Waals surface area contributed by atoms with Crippen LogP contribution in [0.4, 0.5) is 0 Å². The average molecular weight is 523 g/mol. The van der Waals surface area contributed by atoms with Crippen molar-refractivity contribution in [2.24, 2.45) is 0 Å². The molecule has 4 nitrogen and oxygen atoms in total. The molecule has 0 unspecified atom stereocenters. The standard InChI is InChI=1S/C35H38O4/c1-23(2)29-21-25(38-19-17-36)13-15-33(29)35(34-16-14-26(39-20-18-37)22-30(34)24(3)4)31-11-7-5-9-27(31)28-10-6-8-12-32(28)35/h5-16,21-24,36-37H,17-20H2,1-4H3. The van der Waals surface area contributed by atoms with Crippen LogP contribution in [-0.2, 0) is 5.41 Å². The highest BCUT2D eigenvalue weighted by Gasteiger charge is 2.48. The summed E-state index contributed by atoms with van der Waals surface area (Å²) in [5.74, 6) is 2.01. The molecule has 2 N–H and O–H groups in total. The summed E-state index contributed by atoms with van der Waals surface area (Å²) in [7, 11) is 0. The van der Waals surface area contributed by atoms with Crippen LogP contribution in [0.15, 0.2) is 84.9 Å². The fourth-order valence-electron chi connectivity index (χ4n) is 6.19. The third kappa shape index (κ3) is 4.62. The van der Waals surface area contributed by atoms with E-state index in [1.54, 1.807) is 0 Å². The van der Waals surface area contributed by atoms with Crippen molar-refractivity contribution in [2.75, 3.05) is 26.4 Å². The first-order chi connectivity index (χ1) is 18.9. The second kappa shape index (κ2) is 11.3. The monoisotopic (exact) mass is 522 g/mol. The summed E-state index contributed by atoms with van der Waals surface area (Å²) in [6.45, 7) is 9.39. The minimum absolute atomic E-state index is 0.0219. The Hall–Kier alpha value is -3.60.